The number of hydrogen-bond acceptors (Lipinski definition) is 4. The molecular formula is C17H22N2O4. The van der Waals surface area contributed by atoms with E-state index in [9.17, 15) is 9.59 Å². The number of carbonyl (C=O) groups excluding carboxylic acids is 2. The molecule has 6 heteroatoms. The Morgan fingerprint density at radius 3 is 3.00 bits per heavy atom. The van der Waals surface area contributed by atoms with E-state index in [0.29, 0.717) is 25.3 Å². The van der Waals surface area contributed by atoms with Crippen LogP contribution < -0.4 is 15.0 Å². The van der Waals surface area contributed by atoms with E-state index in [0.717, 1.165) is 24.1 Å². The number of carbonyl (C=O) groups is 2. The molecule has 0 radical (unpaired) electrons. The molecule has 2 unspecified atom stereocenters. The lowest BCUT2D eigenvalue weighted by atomic mass is 10.1. The third-order valence-electron chi connectivity index (χ3n) is 4.30. The third kappa shape index (κ3) is 3.32. The molecule has 0 saturated carbocycles. The van der Waals surface area contributed by atoms with Crippen LogP contribution in [0.2, 0.25) is 0 Å². The van der Waals surface area contributed by atoms with Crippen molar-refractivity contribution < 1.29 is 19.1 Å². The van der Waals surface area contributed by atoms with Crippen molar-refractivity contribution >= 4 is 17.5 Å². The molecule has 6 nitrogen and oxygen atoms in total. The highest BCUT2D eigenvalue weighted by atomic mass is 16.5. The summed E-state index contributed by atoms with van der Waals surface area (Å²) in [7, 11) is 1.75. The van der Waals surface area contributed by atoms with Gasteiger partial charge in [-0.05, 0) is 43.9 Å². The molecule has 1 saturated heterocycles. The van der Waals surface area contributed by atoms with Gasteiger partial charge in [-0.25, -0.2) is 0 Å². The number of nitrogens with one attached hydrogen (secondary N) is 1. The Hall–Kier alpha value is -2.08. The summed E-state index contributed by atoms with van der Waals surface area (Å²) in [6.45, 7) is 2.96. The number of likely N-dealkylation sites (N-methyl/N-ethyl adjacent to an activating group) is 1. The van der Waals surface area contributed by atoms with E-state index >= 15 is 0 Å². The molecule has 2 heterocycles. The molecule has 0 aliphatic carbocycles. The van der Waals surface area contributed by atoms with Crippen molar-refractivity contribution in [1.29, 1.82) is 0 Å². The number of ether oxygens (including phenoxy) is 2. The van der Waals surface area contributed by atoms with Crippen LogP contribution >= 0.6 is 0 Å². The molecule has 0 aromatic heterocycles. The summed E-state index contributed by atoms with van der Waals surface area (Å²) in [5.74, 6) is 0.623. The highest BCUT2D eigenvalue weighted by Crippen LogP contribution is 2.33. The van der Waals surface area contributed by atoms with Gasteiger partial charge in [0.1, 0.15) is 11.9 Å². The molecule has 3 rings (SSSR count). The standard InChI is InChI=1S/C17H22N2O4/c1-11-17(21)19(2)13-10-12(5-6-14(13)23-11)7-8-18-16(20)15-4-3-9-22-15/h5-6,10-11,15H,3-4,7-9H2,1-2H3,(H,18,20). The van der Waals surface area contributed by atoms with Crippen molar-refractivity contribution in [2.45, 2.75) is 38.4 Å². The summed E-state index contributed by atoms with van der Waals surface area (Å²) in [5.41, 5.74) is 1.82. The Kier molecular flexibility index (Phi) is 4.52. The largest absolute Gasteiger partial charge is 0.479 e. The maximum absolute atomic E-state index is 12.0. The normalized spacial score (nSPS) is 23.4. The van der Waals surface area contributed by atoms with E-state index in [-0.39, 0.29) is 17.9 Å². The Labute approximate surface area is 135 Å². The van der Waals surface area contributed by atoms with Gasteiger partial charge in [0.05, 0.1) is 5.69 Å². The van der Waals surface area contributed by atoms with E-state index in [4.69, 9.17) is 9.47 Å². The second-order valence-corrected chi connectivity index (χ2v) is 6.00. The number of anilines is 1. The first kappa shape index (κ1) is 15.8. The van der Waals surface area contributed by atoms with Crippen LogP contribution in [-0.2, 0) is 20.7 Å². The fourth-order valence-electron chi connectivity index (χ4n) is 2.94. The minimum Gasteiger partial charge on any atom is -0.479 e. The maximum atomic E-state index is 12.0. The van der Waals surface area contributed by atoms with Crippen LogP contribution in [0.5, 0.6) is 5.75 Å². The molecule has 1 N–H and O–H groups in total. The highest BCUT2D eigenvalue weighted by Gasteiger charge is 2.29. The zero-order valence-corrected chi connectivity index (χ0v) is 13.5. The van der Waals surface area contributed by atoms with Gasteiger partial charge in [0, 0.05) is 20.2 Å². The van der Waals surface area contributed by atoms with Gasteiger partial charge in [0.2, 0.25) is 5.91 Å². The number of amides is 2. The molecule has 1 fully saturated rings. The van der Waals surface area contributed by atoms with Crippen LogP contribution in [0.4, 0.5) is 5.69 Å². The fraction of sp³-hybridized carbons (Fsp3) is 0.529. The van der Waals surface area contributed by atoms with E-state index in [2.05, 4.69) is 5.32 Å². The second-order valence-electron chi connectivity index (χ2n) is 6.00. The van der Waals surface area contributed by atoms with Crippen molar-refractivity contribution in [2.75, 3.05) is 25.1 Å². The molecule has 2 aliphatic heterocycles. The van der Waals surface area contributed by atoms with Crippen molar-refractivity contribution in [3.05, 3.63) is 23.8 Å². The maximum Gasteiger partial charge on any atom is 0.267 e. The first-order valence-electron chi connectivity index (χ1n) is 8.02. The summed E-state index contributed by atoms with van der Waals surface area (Å²) in [6, 6.07) is 5.79. The Morgan fingerprint density at radius 2 is 2.26 bits per heavy atom. The lowest BCUT2D eigenvalue weighted by molar-refractivity contribution is -0.130. The van der Waals surface area contributed by atoms with Gasteiger partial charge in [-0.3, -0.25) is 9.59 Å². The predicted octanol–water partition coefficient (Wildman–Crippen LogP) is 1.27. The molecular weight excluding hydrogens is 296 g/mol. The Balaban J connectivity index is 1.59. The average Bonchev–Trinajstić information content (AvgIpc) is 3.08. The zero-order valence-electron chi connectivity index (χ0n) is 13.5. The van der Waals surface area contributed by atoms with E-state index in [1.54, 1.807) is 18.9 Å². The van der Waals surface area contributed by atoms with Gasteiger partial charge in [-0.2, -0.15) is 0 Å². The van der Waals surface area contributed by atoms with E-state index in [1.165, 1.54) is 0 Å². The summed E-state index contributed by atoms with van der Waals surface area (Å²) in [5, 5.41) is 2.90. The van der Waals surface area contributed by atoms with Crippen LogP contribution in [0.25, 0.3) is 0 Å². The molecule has 23 heavy (non-hydrogen) atoms. The Bertz CT molecular complexity index is 611. The van der Waals surface area contributed by atoms with Crippen LogP contribution in [-0.4, -0.2) is 44.2 Å². The topological polar surface area (TPSA) is 67.9 Å². The fourth-order valence-corrected chi connectivity index (χ4v) is 2.94. The lowest BCUT2D eigenvalue weighted by Crippen LogP contribution is -2.42. The Morgan fingerprint density at radius 1 is 1.43 bits per heavy atom. The van der Waals surface area contributed by atoms with Crippen LogP contribution in [0, 0.1) is 0 Å². The third-order valence-corrected chi connectivity index (χ3v) is 4.30. The number of rotatable bonds is 4. The minimum absolute atomic E-state index is 0.0371. The van der Waals surface area contributed by atoms with Crippen LogP contribution in [0.3, 0.4) is 0 Å². The summed E-state index contributed by atoms with van der Waals surface area (Å²) in [6.07, 6.45) is 1.69. The van der Waals surface area contributed by atoms with Crippen molar-refractivity contribution in [3.8, 4) is 5.75 Å². The molecule has 124 valence electrons. The SMILES string of the molecule is CC1Oc2ccc(CCNC(=O)C3CCCO3)cc2N(C)C1=O. The lowest BCUT2D eigenvalue weighted by Gasteiger charge is -2.30. The van der Waals surface area contributed by atoms with Crippen LogP contribution in [0.1, 0.15) is 25.3 Å². The first-order chi connectivity index (χ1) is 11.1. The first-order valence-corrected chi connectivity index (χ1v) is 8.02. The van der Waals surface area contributed by atoms with Crippen molar-refractivity contribution in [1.82, 2.24) is 5.32 Å². The van der Waals surface area contributed by atoms with Gasteiger partial charge in [-0.1, -0.05) is 6.07 Å². The highest BCUT2D eigenvalue weighted by molar-refractivity contribution is 5.99. The van der Waals surface area contributed by atoms with Gasteiger partial charge >= 0.3 is 0 Å². The number of benzene rings is 1. The monoisotopic (exact) mass is 318 g/mol. The molecule has 0 spiro atoms. The minimum atomic E-state index is -0.455. The zero-order chi connectivity index (χ0) is 16.4. The molecule has 2 amide bonds. The molecule has 1 aromatic rings. The van der Waals surface area contributed by atoms with Crippen LogP contribution in [0.15, 0.2) is 18.2 Å². The molecule has 1 aromatic carbocycles. The van der Waals surface area contributed by atoms with Crippen molar-refractivity contribution in [2.24, 2.45) is 0 Å². The van der Waals surface area contributed by atoms with Gasteiger partial charge in [0.15, 0.2) is 6.10 Å². The number of hydrogen-bond donors (Lipinski definition) is 1. The number of nitrogens with zero attached hydrogens (tertiary/aromatic N) is 1. The second kappa shape index (κ2) is 6.58. The molecule has 2 atom stereocenters. The summed E-state index contributed by atoms with van der Waals surface area (Å²) < 4.78 is 11.0. The van der Waals surface area contributed by atoms with Gasteiger partial charge < -0.3 is 19.7 Å². The quantitative estimate of drug-likeness (QED) is 0.908. The summed E-state index contributed by atoms with van der Waals surface area (Å²) in [4.78, 5) is 25.5. The number of fused-ring (bicyclic) bond motifs is 1. The average molecular weight is 318 g/mol. The van der Waals surface area contributed by atoms with Gasteiger partial charge in [-0.15, -0.1) is 0 Å². The summed E-state index contributed by atoms with van der Waals surface area (Å²) >= 11 is 0. The van der Waals surface area contributed by atoms with E-state index < -0.39 is 6.10 Å². The van der Waals surface area contributed by atoms with E-state index in [1.807, 2.05) is 18.2 Å². The predicted molar refractivity (Wildman–Crippen MR) is 85.6 cm³/mol. The van der Waals surface area contributed by atoms with Gasteiger partial charge in [0.25, 0.3) is 5.91 Å². The molecule has 0 bridgehead atoms. The van der Waals surface area contributed by atoms with Crippen molar-refractivity contribution in [3.63, 3.8) is 0 Å². The molecule has 2 aliphatic rings. The smallest absolute Gasteiger partial charge is 0.267 e.